The summed E-state index contributed by atoms with van der Waals surface area (Å²) in [5.74, 6) is -0.236. The summed E-state index contributed by atoms with van der Waals surface area (Å²) in [4.78, 5) is 16.3. The second-order valence-electron chi connectivity index (χ2n) is 5.54. The molecule has 1 atom stereocenters. The highest BCUT2D eigenvalue weighted by molar-refractivity contribution is 5.77. The first-order valence-corrected chi connectivity index (χ1v) is 7.47. The van der Waals surface area contributed by atoms with E-state index in [1.807, 2.05) is 19.1 Å². The van der Waals surface area contributed by atoms with Crippen LogP contribution >= 0.6 is 0 Å². The fourth-order valence-corrected chi connectivity index (χ4v) is 2.75. The molecule has 1 aromatic heterocycles. The first-order chi connectivity index (χ1) is 9.70. The zero-order valence-corrected chi connectivity index (χ0v) is 12.4. The van der Waals surface area contributed by atoms with Gasteiger partial charge < -0.3 is 4.74 Å². The molecule has 0 aromatic carbocycles. The van der Waals surface area contributed by atoms with Crippen molar-refractivity contribution >= 4 is 5.97 Å². The molecule has 4 nitrogen and oxygen atoms in total. The number of nitrogens with one attached hydrogen (secondary N) is 1. The van der Waals surface area contributed by atoms with Gasteiger partial charge in [0, 0.05) is 17.9 Å². The van der Waals surface area contributed by atoms with Crippen molar-refractivity contribution in [1.82, 2.24) is 10.3 Å². The Morgan fingerprint density at radius 2 is 2.00 bits per heavy atom. The summed E-state index contributed by atoms with van der Waals surface area (Å²) in [5.41, 5.74) is 1.83. The lowest BCUT2D eigenvalue weighted by Crippen LogP contribution is -2.37. The Bertz CT molecular complexity index is 423. The molecule has 0 aliphatic heterocycles. The minimum Gasteiger partial charge on any atom is -0.468 e. The third-order valence-corrected chi connectivity index (χ3v) is 3.96. The van der Waals surface area contributed by atoms with E-state index >= 15 is 0 Å². The molecule has 1 N–H and O–H groups in total. The van der Waals surface area contributed by atoms with E-state index in [1.54, 1.807) is 6.20 Å². The third kappa shape index (κ3) is 4.04. The van der Waals surface area contributed by atoms with E-state index in [2.05, 4.69) is 10.3 Å². The van der Waals surface area contributed by atoms with E-state index in [-0.39, 0.29) is 5.97 Å². The molecule has 1 heterocycles. The molecule has 2 rings (SSSR count). The summed E-state index contributed by atoms with van der Waals surface area (Å²) >= 11 is 0. The molecule has 1 saturated carbocycles. The maximum Gasteiger partial charge on any atom is 0.327 e. The van der Waals surface area contributed by atoms with Crippen LogP contribution in [0.4, 0.5) is 0 Å². The molecule has 0 radical (unpaired) electrons. The molecule has 0 saturated heterocycles. The summed E-state index contributed by atoms with van der Waals surface area (Å²) in [5, 5.41) is 3.47. The van der Waals surface area contributed by atoms with E-state index in [0.29, 0.717) is 6.04 Å². The van der Waals surface area contributed by atoms with E-state index < -0.39 is 6.04 Å². The summed E-state index contributed by atoms with van der Waals surface area (Å²) in [6.45, 7) is 1.94. The second-order valence-corrected chi connectivity index (χ2v) is 5.54. The zero-order chi connectivity index (χ0) is 14.4. The molecule has 1 fully saturated rings. The zero-order valence-electron chi connectivity index (χ0n) is 12.4. The molecule has 1 aliphatic rings. The van der Waals surface area contributed by atoms with E-state index in [1.165, 1.54) is 32.8 Å². The van der Waals surface area contributed by atoms with E-state index in [9.17, 15) is 4.79 Å². The van der Waals surface area contributed by atoms with Crippen LogP contribution in [0.25, 0.3) is 0 Å². The highest BCUT2D eigenvalue weighted by Crippen LogP contribution is 2.22. The van der Waals surface area contributed by atoms with Gasteiger partial charge in [-0.1, -0.05) is 31.7 Å². The summed E-state index contributed by atoms with van der Waals surface area (Å²) in [6, 6.07) is 3.87. The van der Waals surface area contributed by atoms with Gasteiger partial charge in [0.05, 0.1) is 7.11 Å². The molecular weight excluding hydrogens is 252 g/mol. The predicted octanol–water partition coefficient (Wildman–Crippen LogP) is 2.92. The number of hydrogen-bond donors (Lipinski definition) is 1. The largest absolute Gasteiger partial charge is 0.468 e. The van der Waals surface area contributed by atoms with Crippen molar-refractivity contribution in [3.63, 3.8) is 0 Å². The van der Waals surface area contributed by atoms with E-state index in [4.69, 9.17) is 4.74 Å². The predicted molar refractivity (Wildman–Crippen MR) is 78.4 cm³/mol. The minimum atomic E-state index is -0.406. The number of pyridine rings is 1. The van der Waals surface area contributed by atoms with Crippen LogP contribution in [-0.2, 0) is 9.53 Å². The van der Waals surface area contributed by atoms with Crippen LogP contribution in [0.1, 0.15) is 55.8 Å². The molecule has 0 spiro atoms. The number of carbonyl (C=O) groups is 1. The van der Waals surface area contributed by atoms with Crippen LogP contribution in [-0.4, -0.2) is 24.1 Å². The summed E-state index contributed by atoms with van der Waals surface area (Å²) in [6.07, 6.45) is 9.09. The van der Waals surface area contributed by atoms with Crippen molar-refractivity contribution in [2.75, 3.05) is 7.11 Å². The van der Waals surface area contributed by atoms with Gasteiger partial charge in [0.2, 0.25) is 0 Å². The number of nitrogens with zero attached hydrogens (tertiary/aromatic N) is 1. The highest BCUT2D eigenvalue weighted by Gasteiger charge is 2.25. The van der Waals surface area contributed by atoms with Crippen LogP contribution in [0, 0.1) is 6.92 Å². The van der Waals surface area contributed by atoms with Crippen molar-refractivity contribution in [3.8, 4) is 0 Å². The molecule has 0 amide bonds. The van der Waals surface area contributed by atoms with Crippen LogP contribution in [0.3, 0.4) is 0 Å². The van der Waals surface area contributed by atoms with Crippen LogP contribution < -0.4 is 5.32 Å². The number of aryl methyl sites for hydroxylation is 1. The van der Waals surface area contributed by atoms with Gasteiger partial charge in [-0.15, -0.1) is 0 Å². The Labute approximate surface area is 120 Å². The van der Waals surface area contributed by atoms with Gasteiger partial charge in [-0.05, 0) is 31.4 Å². The standard InChI is InChI=1S/C16H24N2O2/c1-12-9-10-13(11-17-12)15(16(19)20-2)18-14-7-5-3-4-6-8-14/h9-11,14-15,18H,3-8H2,1-2H3. The Balaban J connectivity index is 2.10. The number of hydrogen-bond acceptors (Lipinski definition) is 4. The maximum atomic E-state index is 12.0. The third-order valence-electron chi connectivity index (χ3n) is 3.96. The van der Waals surface area contributed by atoms with Crippen LogP contribution in [0.5, 0.6) is 0 Å². The van der Waals surface area contributed by atoms with Crippen molar-refractivity contribution < 1.29 is 9.53 Å². The van der Waals surface area contributed by atoms with E-state index in [0.717, 1.165) is 24.1 Å². The van der Waals surface area contributed by atoms with Gasteiger partial charge in [0.1, 0.15) is 6.04 Å². The maximum absolute atomic E-state index is 12.0. The lowest BCUT2D eigenvalue weighted by Gasteiger charge is -2.23. The summed E-state index contributed by atoms with van der Waals surface area (Å²) in [7, 11) is 1.44. The average molecular weight is 276 g/mol. The Hall–Kier alpha value is -1.42. The van der Waals surface area contributed by atoms with Crippen molar-refractivity contribution in [3.05, 3.63) is 29.6 Å². The average Bonchev–Trinajstić information content (AvgIpc) is 2.74. The van der Waals surface area contributed by atoms with Gasteiger partial charge in [-0.2, -0.15) is 0 Å². The fraction of sp³-hybridized carbons (Fsp3) is 0.625. The Kier molecular flexibility index (Phi) is 5.53. The molecule has 4 heteroatoms. The quantitative estimate of drug-likeness (QED) is 0.678. The number of carbonyl (C=O) groups excluding carboxylic acids is 1. The van der Waals surface area contributed by atoms with Gasteiger partial charge in [0.25, 0.3) is 0 Å². The molecular formula is C16H24N2O2. The fourth-order valence-electron chi connectivity index (χ4n) is 2.75. The lowest BCUT2D eigenvalue weighted by molar-refractivity contribution is -0.143. The normalized spacial score (nSPS) is 18.3. The number of rotatable bonds is 4. The molecule has 1 unspecified atom stereocenters. The minimum absolute atomic E-state index is 0.236. The molecule has 1 aliphatic carbocycles. The first kappa shape index (κ1) is 15.0. The van der Waals surface area contributed by atoms with Crippen LogP contribution in [0.15, 0.2) is 18.3 Å². The smallest absolute Gasteiger partial charge is 0.327 e. The van der Waals surface area contributed by atoms with Gasteiger partial charge in [-0.3, -0.25) is 10.3 Å². The summed E-state index contributed by atoms with van der Waals surface area (Å²) < 4.78 is 4.94. The van der Waals surface area contributed by atoms with Gasteiger partial charge >= 0.3 is 5.97 Å². The second kappa shape index (κ2) is 7.39. The first-order valence-electron chi connectivity index (χ1n) is 7.47. The molecule has 110 valence electrons. The number of methoxy groups -OCH3 is 1. The molecule has 20 heavy (non-hydrogen) atoms. The number of esters is 1. The SMILES string of the molecule is COC(=O)C(NC1CCCCCC1)c1ccc(C)nc1. The monoisotopic (exact) mass is 276 g/mol. The van der Waals surface area contributed by atoms with Crippen molar-refractivity contribution in [1.29, 1.82) is 0 Å². The lowest BCUT2D eigenvalue weighted by atomic mass is 10.0. The Morgan fingerprint density at radius 1 is 1.30 bits per heavy atom. The van der Waals surface area contributed by atoms with Gasteiger partial charge in [-0.25, -0.2) is 4.79 Å². The topological polar surface area (TPSA) is 51.2 Å². The Morgan fingerprint density at radius 3 is 2.55 bits per heavy atom. The molecule has 0 bridgehead atoms. The highest BCUT2D eigenvalue weighted by atomic mass is 16.5. The molecule has 1 aromatic rings. The van der Waals surface area contributed by atoms with Crippen molar-refractivity contribution in [2.24, 2.45) is 0 Å². The van der Waals surface area contributed by atoms with Crippen molar-refractivity contribution in [2.45, 2.75) is 57.5 Å². The van der Waals surface area contributed by atoms with Crippen LogP contribution in [0.2, 0.25) is 0 Å². The van der Waals surface area contributed by atoms with Gasteiger partial charge in [0.15, 0.2) is 0 Å². The number of ether oxygens (including phenoxy) is 1. The number of aromatic nitrogens is 1.